The molecule has 1 N–H and O–H groups in total. The Morgan fingerprint density at radius 2 is 2.04 bits per heavy atom. The summed E-state index contributed by atoms with van der Waals surface area (Å²) in [7, 11) is 0. The summed E-state index contributed by atoms with van der Waals surface area (Å²) in [5.74, 6) is 0.840. The third-order valence-electron chi connectivity index (χ3n) is 3.92. The van der Waals surface area contributed by atoms with Gasteiger partial charge in [-0.05, 0) is 32.9 Å². The van der Waals surface area contributed by atoms with Crippen LogP contribution in [0.15, 0.2) is 39.6 Å². The van der Waals surface area contributed by atoms with Crippen LogP contribution in [0.25, 0.3) is 11.4 Å². The lowest BCUT2D eigenvalue weighted by atomic mass is 10.2. The molecule has 3 aromatic rings. The van der Waals surface area contributed by atoms with Crippen molar-refractivity contribution < 1.29 is 9.32 Å². The number of carbonyl (C=O) groups excluding carboxylic acids is 1. The van der Waals surface area contributed by atoms with Crippen LogP contribution in [0, 0.1) is 20.8 Å². The van der Waals surface area contributed by atoms with E-state index in [1.54, 1.807) is 51.1 Å². The number of rotatable bonds is 4. The Kier molecular flexibility index (Phi) is 4.90. The molecule has 7 nitrogen and oxygen atoms in total. The van der Waals surface area contributed by atoms with Crippen molar-refractivity contribution in [2.24, 2.45) is 0 Å². The van der Waals surface area contributed by atoms with Crippen molar-refractivity contribution in [1.29, 1.82) is 0 Å². The fourth-order valence-corrected chi connectivity index (χ4v) is 2.69. The minimum atomic E-state index is -0.409. The Morgan fingerprint density at radius 1 is 1.27 bits per heavy atom. The number of carbonyl (C=O) groups is 1. The number of nitrogens with one attached hydrogen (secondary N) is 1. The summed E-state index contributed by atoms with van der Waals surface area (Å²) in [6, 6.07) is 8.58. The molecule has 26 heavy (non-hydrogen) atoms. The number of aromatic nitrogens is 3. The number of hydrogen-bond acceptors (Lipinski definition) is 5. The maximum absolute atomic E-state index is 12.7. The van der Waals surface area contributed by atoms with Gasteiger partial charge in [-0.25, -0.2) is 4.98 Å². The van der Waals surface area contributed by atoms with Gasteiger partial charge >= 0.3 is 0 Å². The smallest absolute Gasteiger partial charge is 0.257 e. The molecule has 1 aromatic carbocycles. The second kappa shape index (κ2) is 7.13. The van der Waals surface area contributed by atoms with Crippen LogP contribution in [-0.2, 0) is 11.3 Å². The first-order chi connectivity index (χ1) is 12.3. The minimum absolute atomic E-state index is 0.208. The van der Waals surface area contributed by atoms with Gasteiger partial charge in [0.05, 0.1) is 0 Å². The Balaban J connectivity index is 2.01. The van der Waals surface area contributed by atoms with E-state index in [4.69, 9.17) is 16.1 Å². The zero-order valence-corrected chi connectivity index (χ0v) is 15.3. The number of amides is 1. The maximum atomic E-state index is 12.7. The molecule has 0 atom stereocenters. The van der Waals surface area contributed by atoms with Crippen LogP contribution in [0.2, 0.25) is 5.02 Å². The monoisotopic (exact) mass is 372 g/mol. The van der Waals surface area contributed by atoms with Crippen molar-refractivity contribution >= 4 is 23.3 Å². The summed E-state index contributed by atoms with van der Waals surface area (Å²) in [5, 5.41) is 6.84. The third kappa shape index (κ3) is 3.67. The van der Waals surface area contributed by atoms with Gasteiger partial charge in [-0.1, -0.05) is 28.9 Å². The first kappa shape index (κ1) is 17.9. The highest BCUT2D eigenvalue weighted by molar-refractivity contribution is 6.30. The zero-order valence-electron chi connectivity index (χ0n) is 14.5. The summed E-state index contributed by atoms with van der Waals surface area (Å²) >= 11 is 6.06. The molecule has 0 fully saturated rings. The number of benzene rings is 1. The first-order valence-electron chi connectivity index (χ1n) is 7.92. The molecular weight excluding hydrogens is 356 g/mol. The van der Waals surface area contributed by atoms with Crippen LogP contribution in [0.1, 0.15) is 17.0 Å². The van der Waals surface area contributed by atoms with Crippen LogP contribution in [-0.4, -0.2) is 20.6 Å². The van der Waals surface area contributed by atoms with E-state index in [1.807, 2.05) is 0 Å². The number of aryl methyl sites for hydroxylation is 2. The predicted molar refractivity (Wildman–Crippen MR) is 98.3 cm³/mol. The summed E-state index contributed by atoms with van der Waals surface area (Å²) in [6.07, 6.45) is 0. The molecular formula is C18H17ClN4O3. The van der Waals surface area contributed by atoms with E-state index in [1.165, 1.54) is 4.57 Å². The van der Waals surface area contributed by atoms with Gasteiger partial charge in [0, 0.05) is 27.9 Å². The maximum Gasteiger partial charge on any atom is 0.257 e. The molecule has 0 radical (unpaired) electrons. The highest BCUT2D eigenvalue weighted by atomic mass is 35.5. The fourth-order valence-electron chi connectivity index (χ4n) is 2.50. The number of anilines is 1. The van der Waals surface area contributed by atoms with Gasteiger partial charge in [0.25, 0.3) is 5.56 Å². The topological polar surface area (TPSA) is 90.0 Å². The van der Waals surface area contributed by atoms with Gasteiger partial charge in [-0.3, -0.25) is 14.2 Å². The number of nitrogens with zero attached hydrogens (tertiary/aromatic N) is 3. The van der Waals surface area contributed by atoms with E-state index >= 15 is 0 Å². The zero-order chi connectivity index (χ0) is 18.8. The standard InChI is InChI=1S/C18H17ClN4O3/c1-10-7-15(22-26-10)21-16(24)9-23-17(13-5-4-6-14(19)8-13)20-12(3)11(2)18(23)25/h4-8H,9H2,1-3H3,(H,21,22,24). The van der Waals surface area contributed by atoms with Crippen molar-refractivity contribution in [2.75, 3.05) is 5.32 Å². The molecule has 0 bridgehead atoms. The van der Waals surface area contributed by atoms with Crippen molar-refractivity contribution in [3.63, 3.8) is 0 Å². The van der Waals surface area contributed by atoms with Gasteiger partial charge in [-0.15, -0.1) is 0 Å². The molecule has 0 saturated carbocycles. The molecule has 0 unspecified atom stereocenters. The van der Waals surface area contributed by atoms with Crippen LogP contribution in [0.3, 0.4) is 0 Å². The average Bonchev–Trinajstić information content (AvgIpc) is 3.00. The van der Waals surface area contributed by atoms with Crippen LogP contribution >= 0.6 is 11.6 Å². The lowest BCUT2D eigenvalue weighted by Gasteiger charge is -2.14. The predicted octanol–water partition coefficient (Wildman–Crippen LogP) is 3.12. The Hall–Kier alpha value is -2.93. The summed E-state index contributed by atoms with van der Waals surface area (Å²) in [5.41, 5.74) is 1.47. The Morgan fingerprint density at radius 3 is 2.69 bits per heavy atom. The SMILES string of the molecule is Cc1cc(NC(=O)Cn2c(-c3cccc(Cl)c3)nc(C)c(C)c2=O)no1. The van der Waals surface area contributed by atoms with E-state index < -0.39 is 5.91 Å². The molecule has 0 aliphatic carbocycles. The van der Waals surface area contributed by atoms with Gasteiger partial charge in [0.1, 0.15) is 18.1 Å². The van der Waals surface area contributed by atoms with Crippen molar-refractivity contribution in [3.05, 3.63) is 62.7 Å². The number of halogens is 1. The molecule has 8 heteroatoms. The van der Waals surface area contributed by atoms with Gasteiger partial charge in [0.15, 0.2) is 5.82 Å². The summed E-state index contributed by atoms with van der Waals surface area (Å²) < 4.78 is 6.25. The minimum Gasteiger partial charge on any atom is -0.360 e. The fraction of sp³-hybridized carbons (Fsp3) is 0.222. The number of hydrogen-bond donors (Lipinski definition) is 1. The van der Waals surface area contributed by atoms with Crippen molar-refractivity contribution in [3.8, 4) is 11.4 Å². The molecule has 0 spiro atoms. The van der Waals surface area contributed by atoms with E-state index in [0.717, 1.165) is 0 Å². The van der Waals surface area contributed by atoms with E-state index in [-0.39, 0.29) is 12.1 Å². The highest BCUT2D eigenvalue weighted by Gasteiger charge is 2.17. The molecule has 1 amide bonds. The second-order valence-corrected chi connectivity index (χ2v) is 6.35. The van der Waals surface area contributed by atoms with Gasteiger partial charge < -0.3 is 9.84 Å². The van der Waals surface area contributed by atoms with Gasteiger partial charge in [0.2, 0.25) is 5.91 Å². The molecule has 3 rings (SSSR count). The quantitative estimate of drug-likeness (QED) is 0.759. The average molecular weight is 373 g/mol. The highest BCUT2D eigenvalue weighted by Crippen LogP contribution is 2.21. The Bertz CT molecular complexity index is 1040. The third-order valence-corrected chi connectivity index (χ3v) is 4.15. The molecule has 134 valence electrons. The molecule has 0 aliphatic rings. The van der Waals surface area contributed by atoms with E-state index in [0.29, 0.717) is 39.2 Å². The molecule has 2 heterocycles. The lowest BCUT2D eigenvalue weighted by molar-refractivity contribution is -0.116. The largest absolute Gasteiger partial charge is 0.360 e. The second-order valence-electron chi connectivity index (χ2n) is 5.92. The van der Waals surface area contributed by atoms with Crippen molar-refractivity contribution in [2.45, 2.75) is 27.3 Å². The molecule has 2 aromatic heterocycles. The molecule has 0 saturated heterocycles. The van der Waals surface area contributed by atoms with Gasteiger partial charge in [-0.2, -0.15) is 0 Å². The van der Waals surface area contributed by atoms with Crippen LogP contribution < -0.4 is 10.9 Å². The summed E-state index contributed by atoms with van der Waals surface area (Å²) in [4.78, 5) is 29.6. The van der Waals surface area contributed by atoms with Crippen LogP contribution in [0.5, 0.6) is 0 Å². The van der Waals surface area contributed by atoms with E-state index in [9.17, 15) is 9.59 Å². The summed E-state index contributed by atoms with van der Waals surface area (Å²) in [6.45, 7) is 4.95. The lowest BCUT2D eigenvalue weighted by Crippen LogP contribution is -2.31. The van der Waals surface area contributed by atoms with Crippen LogP contribution in [0.4, 0.5) is 5.82 Å². The molecule has 0 aliphatic heterocycles. The van der Waals surface area contributed by atoms with E-state index in [2.05, 4.69) is 15.5 Å². The Labute approximate surface area is 154 Å². The first-order valence-corrected chi connectivity index (χ1v) is 8.30. The normalized spacial score (nSPS) is 10.8. The van der Waals surface area contributed by atoms with Crippen molar-refractivity contribution in [1.82, 2.24) is 14.7 Å².